The molecule has 3 aliphatic rings. The van der Waals surface area contributed by atoms with Crippen LogP contribution in [-0.2, 0) is 16.0 Å². The molecule has 5 nitrogen and oxygen atoms in total. The normalized spacial score (nSPS) is 21.6. The first-order valence-corrected chi connectivity index (χ1v) is 11.7. The van der Waals surface area contributed by atoms with Gasteiger partial charge in [0.05, 0.1) is 16.2 Å². The summed E-state index contributed by atoms with van der Waals surface area (Å²) in [6.07, 6.45) is 3.26. The zero-order valence-corrected chi connectivity index (χ0v) is 18.4. The highest BCUT2D eigenvalue weighted by Gasteiger charge is 2.39. The number of likely N-dealkylation sites (tertiary alicyclic amines) is 1. The van der Waals surface area contributed by atoms with Gasteiger partial charge < -0.3 is 9.80 Å². The van der Waals surface area contributed by atoms with E-state index in [9.17, 15) is 9.59 Å². The Labute approximate surface area is 186 Å². The van der Waals surface area contributed by atoms with Crippen LogP contribution < -0.4 is 4.90 Å². The number of likely N-dealkylation sites (N-methyl/N-ethyl adjacent to an activating group) is 1. The van der Waals surface area contributed by atoms with E-state index in [2.05, 4.69) is 40.2 Å². The minimum atomic E-state index is -0.289. The number of anilines is 1. The van der Waals surface area contributed by atoms with Gasteiger partial charge in [0, 0.05) is 25.2 Å². The van der Waals surface area contributed by atoms with Crippen molar-refractivity contribution < 1.29 is 9.59 Å². The molecular formula is C25H25N3O2S. The zero-order valence-electron chi connectivity index (χ0n) is 17.6. The molecule has 1 fully saturated rings. The van der Waals surface area contributed by atoms with Crippen LogP contribution in [0.1, 0.15) is 30.9 Å². The molecule has 158 valence electrons. The highest BCUT2D eigenvalue weighted by molar-refractivity contribution is 8.18. The lowest BCUT2D eigenvalue weighted by atomic mass is 9.90. The van der Waals surface area contributed by atoms with Crippen molar-refractivity contribution in [2.45, 2.75) is 26.2 Å². The van der Waals surface area contributed by atoms with Gasteiger partial charge in [-0.2, -0.15) is 4.99 Å². The van der Waals surface area contributed by atoms with E-state index in [-0.39, 0.29) is 11.8 Å². The fourth-order valence-corrected chi connectivity index (χ4v) is 5.73. The minimum Gasteiger partial charge on any atom is -0.351 e. The molecule has 1 saturated heterocycles. The van der Waals surface area contributed by atoms with Crippen molar-refractivity contribution in [2.24, 2.45) is 10.9 Å². The number of amides is 2. The molecule has 0 aromatic heterocycles. The molecule has 2 aromatic rings. The fraction of sp³-hybridized carbons (Fsp3) is 0.320. The summed E-state index contributed by atoms with van der Waals surface area (Å²) in [6, 6.07) is 18.3. The fourth-order valence-electron chi connectivity index (χ4n) is 4.68. The van der Waals surface area contributed by atoms with Crippen molar-refractivity contribution in [3.05, 3.63) is 70.6 Å². The van der Waals surface area contributed by atoms with Crippen LogP contribution in [-0.4, -0.2) is 41.5 Å². The van der Waals surface area contributed by atoms with E-state index >= 15 is 0 Å². The van der Waals surface area contributed by atoms with Crippen molar-refractivity contribution in [1.29, 1.82) is 0 Å². The Balaban J connectivity index is 1.31. The van der Waals surface area contributed by atoms with Gasteiger partial charge in [-0.1, -0.05) is 48.5 Å². The van der Waals surface area contributed by atoms with Crippen LogP contribution in [0.3, 0.4) is 0 Å². The number of aliphatic imine (C=N–C) groups is 1. The van der Waals surface area contributed by atoms with Crippen molar-refractivity contribution in [1.82, 2.24) is 4.90 Å². The third kappa shape index (κ3) is 3.69. The standard InChI is InChI=1S/C25H25N3O2S/c1-2-28-20-11-7-6-10-19(20)21(24(28)30)22-23(29)26-25(31-22)27-14-12-18(13-15-27)16-17-8-4-3-5-9-17/h3-11,18H,2,12-16H2,1H3/b22-21+. The van der Waals surface area contributed by atoms with Gasteiger partial charge in [-0.15, -0.1) is 0 Å². The van der Waals surface area contributed by atoms with Crippen molar-refractivity contribution >= 4 is 40.0 Å². The Morgan fingerprint density at radius 3 is 2.45 bits per heavy atom. The molecule has 0 atom stereocenters. The summed E-state index contributed by atoms with van der Waals surface area (Å²) in [7, 11) is 0. The molecule has 2 aromatic carbocycles. The average molecular weight is 432 g/mol. The van der Waals surface area contributed by atoms with Gasteiger partial charge in [0.2, 0.25) is 0 Å². The molecule has 31 heavy (non-hydrogen) atoms. The van der Waals surface area contributed by atoms with E-state index in [0.29, 0.717) is 22.9 Å². The second kappa shape index (κ2) is 8.35. The summed E-state index contributed by atoms with van der Waals surface area (Å²) < 4.78 is 0. The number of carbonyl (C=O) groups is 2. The van der Waals surface area contributed by atoms with Crippen molar-refractivity contribution in [2.75, 3.05) is 24.5 Å². The van der Waals surface area contributed by atoms with E-state index in [1.165, 1.54) is 17.3 Å². The maximum Gasteiger partial charge on any atom is 0.287 e. The second-order valence-electron chi connectivity index (χ2n) is 8.19. The summed E-state index contributed by atoms with van der Waals surface area (Å²) in [5, 5.41) is 0.742. The predicted molar refractivity (Wildman–Crippen MR) is 126 cm³/mol. The number of piperidine rings is 1. The van der Waals surface area contributed by atoms with Gasteiger partial charge in [-0.05, 0) is 55.5 Å². The third-order valence-corrected chi connectivity index (χ3v) is 7.42. The molecule has 5 rings (SSSR count). The Morgan fingerprint density at radius 1 is 1.00 bits per heavy atom. The Morgan fingerprint density at radius 2 is 1.71 bits per heavy atom. The molecule has 0 radical (unpaired) electrons. The molecule has 2 amide bonds. The summed E-state index contributed by atoms with van der Waals surface area (Å²) in [5.74, 6) is 0.265. The van der Waals surface area contributed by atoms with E-state index in [4.69, 9.17) is 0 Å². The smallest absolute Gasteiger partial charge is 0.287 e. The first-order chi connectivity index (χ1) is 15.2. The van der Waals surface area contributed by atoms with Gasteiger partial charge in [-0.25, -0.2) is 0 Å². The molecule has 0 bridgehead atoms. The summed E-state index contributed by atoms with van der Waals surface area (Å²) in [4.78, 5) is 34.6. The number of rotatable bonds is 3. The van der Waals surface area contributed by atoms with E-state index in [1.807, 2.05) is 31.2 Å². The number of thioether (sulfide) groups is 1. The van der Waals surface area contributed by atoms with Crippen LogP contribution in [0.5, 0.6) is 0 Å². The van der Waals surface area contributed by atoms with Gasteiger partial charge in [-0.3, -0.25) is 9.59 Å². The molecule has 0 unspecified atom stereocenters. The van der Waals surface area contributed by atoms with Crippen LogP contribution in [0.2, 0.25) is 0 Å². The lowest BCUT2D eigenvalue weighted by Crippen LogP contribution is -2.37. The van der Waals surface area contributed by atoms with Crippen LogP contribution in [0.4, 0.5) is 5.69 Å². The third-order valence-electron chi connectivity index (χ3n) is 6.30. The Hall–Kier alpha value is -2.86. The Bertz CT molecular complexity index is 1080. The van der Waals surface area contributed by atoms with Crippen LogP contribution in [0, 0.1) is 5.92 Å². The number of benzene rings is 2. The quantitative estimate of drug-likeness (QED) is 0.678. The van der Waals surface area contributed by atoms with Crippen LogP contribution in [0.15, 0.2) is 64.5 Å². The molecule has 0 aliphatic carbocycles. The summed E-state index contributed by atoms with van der Waals surface area (Å²) in [5.41, 5.74) is 3.60. The number of carbonyl (C=O) groups excluding carboxylic acids is 2. The lowest BCUT2D eigenvalue weighted by Gasteiger charge is -2.32. The number of para-hydroxylation sites is 1. The average Bonchev–Trinajstić information content (AvgIpc) is 3.31. The maximum atomic E-state index is 13.1. The van der Waals surface area contributed by atoms with Gasteiger partial charge in [0.25, 0.3) is 11.8 Å². The maximum absolute atomic E-state index is 13.1. The molecule has 0 saturated carbocycles. The second-order valence-corrected chi connectivity index (χ2v) is 9.17. The lowest BCUT2D eigenvalue weighted by molar-refractivity contribution is -0.115. The molecular weight excluding hydrogens is 406 g/mol. The summed E-state index contributed by atoms with van der Waals surface area (Å²) >= 11 is 1.37. The van der Waals surface area contributed by atoms with Crippen LogP contribution >= 0.6 is 11.8 Å². The first kappa shape index (κ1) is 20.1. The number of amidine groups is 1. The number of fused-ring (bicyclic) bond motifs is 1. The summed E-state index contributed by atoms with van der Waals surface area (Å²) in [6.45, 7) is 4.32. The molecule has 0 N–H and O–H groups in total. The number of nitrogens with zero attached hydrogens (tertiary/aromatic N) is 3. The van der Waals surface area contributed by atoms with E-state index in [1.54, 1.807) is 4.90 Å². The first-order valence-electron chi connectivity index (χ1n) is 10.9. The molecule has 3 aliphatic heterocycles. The van der Waals surface area contributed by atoms with E-state index < -0.39 is 0 Å². The van der Waals surface area contributed by atoms with Gasteiger partial charge in [0.15, 0.2) is 5.17 Å². The molecule has 0 spiro atoms. The zero-order chi connectivity index (χ0) is 21.4. The van der Waals surface area contributed by atoms with Crippen molar-refractivity contribution in [3.63, 3.8) is 0 Å². The van der Waals surface area contributed by atoms with Crippen LogP contribution in [0.25, 0.3) is 5.57 Å². The Kier molecular flexibility index (Phi) is 5.40. The highest BCUT2D eigenvalue weighted by Crippen LogP contribution is 2.43. The number of hydrogen-bond donors (Lipinski definition) is 0. The minimum absolute atomic E-state index is 0.0995. The monoisotopic (exact) mass is 431 g/mol. The number of hydrogen-bond acceptors (Lipinski definition) is 4. The topological polar surface area (TPSA) is 53.0 Å². The highest BCUT2D eigenvalue weighted by atomic mass is 32.2. The predicted octanol–water partition coefficient (Wildman–Crippen LogP) is 4.35. The largest absolute Gasteiger partial charge is 0.351 e. The van der Waals surface area contributed by atoms with Crippen molar-refractivity contribution in [3.8, 4) is 0 Å². The molecule has 3 heterocycles. The SMILES string of the molecule is CCN1C(=O)/C(=C2/SC(N3CCC(Cc4ccccc4)CC3)=NC2=O)c2ccccc21. The van der Waals surface area contributed by atoms with Gasteiger partial charge >= 0.3 is 0 Å². The molecule has 6 heteroatoms. The van der Waals surface area contributed by atoms with E-state index in [0.717, 1.165) is 48.8 Å². The van der Waals surface area contributed by atoms with Gasteiger partial charge in [0.1, 0.15) is 0 Å².